The van der Waals surface area contributed by atoms with Crippen LogP contribution < -0.4 is 16.0 Å². The van der Waals surface area contributed by atoms with Crippen molar-refractivity contribution in [3.8, 4) is 0 Å². The number of amides is 2. The maximum absolute atomic E-state index is 11.8. The minimum atomic E-state index is -0.211. The number of carbonyl (C=O) groups is 2. The lowest BCUT2D eigenvalue weighted by Gasteiger charge is -2.22. The molecule has 0 aromatic heterocycles. The summed E-state index contributed by atoms with van der Waals surface area (Å²) >= 11 is 3.34. The molecule has 6 heteroatoms. The first-order valence-corrected chi connectivity index (χ1v) is 8.45. The molecular formula is C16H22BrN3O2. The standard InChI is InChI=1S/C16H22BrN3O2/c17-13-2-4-14(5-3-13)20-16(22)11-19-15(21)6-1-12-7-9-18-10-8-12/h2-5,12,18H,1,6-11H2,(H,19,21)(H,20,22). The molecule has 2 amide bonds. The number of benzene rings is 1. The summed E-state index contributed by atoms with van der Waals surface area (Å²) < 4.78 is 0.955. The quantitative estimate of drug-likeness (QED) is 0.722. The minimum absolute atomic E-state index is 0.0150. The number of hydrogen-bond donors (Lipinski definition) is 3. The van der Waals surface area contributed by atoms with E-state index < -0.39 is 0 Å². The van der Waals surface area contributed by atoms with Crippen LogP contribution in [0.5, 0.6) is 0 Å². The number of halogens is 1. The third-order valence-corrected chi connectivity index (χ3v) is 4.34. The third kappa shape index (κ3) is 6.15. The molecular weight excluding hydrogens is 346 g/mol. The number of carbonyl (C=O) groups excluding carboxylic acids is 2. The number of rotatable bonds is 6. The fourth-order valence-electron chi connectivity index (χ4n) is 2.51. The summed E-state index contributed by atoms with van der Waals surface area (Å²) in [6.45, 7) is 2.10. The highest BCUT2D eigenvalue weighted by Crippen LogP contribution is 2.17. The number of anilines is 1. The average molecular weight is 368 g/mol. The molecule has 0 atom stereocenters. The topological polar surface area (TPSA) is 70.2 Å². The fraction of sp³-hybridized carbons (Fsp3) is 0.500. The van der Waals surface area contributed by atoms with Crippen LogP contribution in [0, 0.1) is 5.92 Å². The molecule has 1 aliphatic rings. The lowest BCUT2D eigenvalue weighted by molar-refractivity contribution is -0.124. The zero-order valence-corrected chi connectivity index (χ0v) is 14.1. The molecule has 5 nitrogen and oxygen atoms in total. The van der Waals surface area contributed by atoms with Crippen molar-refractivity contribution in [2.75, 3.05) is 25.0 Å². The Balaban J connectivity index is 1.62. The van der Waals surface area contributed by atoms with Gasteiger partial charge in [-0.2, -0.15) is 0 Å². The van der Waals surface area contributed by atoms with Crippen LogP contribution in [0.15, 0.2) is 28.7 Å². The first kappa shape index (κ1) is 17.0. The molecule has 22 heavy (non-hydrogen) atoms. The van der Waals surface area contributed by atoms with Crippen molar-refractivity contribution in [1.82, 2.24) is 10.6 Å². The highest BCUT2D eigenvalue weighted by molar-refractivity contribution is 9.10. The molecule has 120 valence electrons. The van der Waals surface area contributed by atoms with Crippen molar-refractivity contribution in [2.45, 2.75) is 25.7 Å². The van der Waals surface area contributed by atoms with Crippen LogP contribution in [-0.2, 0) is 9.59 Å². The molecule has 0 unspecified atom stereocenters. The molecule has 3 N–H and O–H groups in total. The van der Waals surface area contributed by atoms with Gasteiger partial charge in [0.15, 0.2) is 0 Å². The monoisotopic (exact) mass is 367 g/mol. The Morgan fingerprint density at radius 3 is 2.50 bits per heavy atom. The summed E-state index contributed by atoms with van der Waals surface area (Å²) in [5.41, 5.74) is 0.720. The van der Waals surface area contributed by atoms with Crippen molar-refractivity contribution >= 4 is 33.4 Å². The van der Waals surface area contributed by atoms with Crippen LogP contribution in [0.4, 0.5) is 5.69 Å². The van der Waals surface area contributed by atoms with E-state index in [9.17, 15) is 9.59 Å². The Labute approximate surface area is 139 Å². The molecule has 1 heterocycles. The predicted octanol–water partition coefficient (Wildman–Crippen LogP) is 2.28. The summed E-state index contributed by atoms with van der Waals surface area (Å²) in [7, 11) is 0. The van der Waals surface area contributed by atoms with Crippen LogP contribution in [0.25, 0.3) is 0 Å². The Hall–Kier alpha value is -1.40. The van der Waals surface area contributed by atoms with Gasteiger partial charge >= 0.3 is 0 Å². The minimum Gasteiger partial charge on any atom is -0.347 e. The second-order valence-electron chi connectivity index (χ2n) is 5.56. The van der Waals surface area contributed by atoms with E-state index in [0.29, 0.717) is 12.3 Å². The maximum atomic E-state index is 11.8. The molecule has 1 aromatic carbocycles. The number of hydrogen-bond acceptors (Lipinski definition) is 3. The van der Waals surface area contributed by atoms with E-state index in [-0.39, 0.29) is 18.4 Å². The van der Waals surface area contributed by atoms with Gasteiger partial charge in [0.05, 0.1) is 6.54 Å². The van der Waals surface area contributed by atoms with Crippen molar-refractivity contribution in [3.63, 3.8) is 0 Å². The SMILES string of the molecule is O=C(CCC1CCNCC1)NCC(=O)Nc1ccc(Br)cc1. The molecule has 0 spiro atoms. The zero-order chi connectivity index (χ0) is 15.8. The Morgan fingerprint density at radius 2 is 1.82 bits per heavy atom. The first-order chi connectivity index (χ1) is 10.6. The largest absolute Gasteiger partial charge is 0.347 e. The van der Waals surface area contributed by atoms with Crippen LogP contribution in [0.3, 0.4) is 0 Å². The number of piperidine rings is 1. The molecule has 0 bridgehead atoms. The van der Waals surface area contributed by atoms with E-state index in [2.05, 4.69) is 31.9 Å². The normalized spacial score (nSPS) is 15.3. The highest BCUT2D eigenvalue weighted by atomic mass is 79.9. The van der Waals surface area contributed by atoms with Crippen LogP contribution >= 0.6 is 15.9 Å². The fourth-order valence-corrected chi connectivity index (χ4v) is 2.78. The van der Waals surface area contributed by atoms with Gasteiger partial charge in [0.25, 0.3) is 0 Å². The molecule has 1 aliphatic heterocycles. The van der Waals surface area contributed by atoms with Crippen molar-refractivity contribution in [3.05, 3.63) is 28.7 Å². The van der Waals surface area contributed by atoms with Crippen LogP contribution in [0.1, 0.15) is 25.7 Å². The molecule has 0 saturated carbocycles. The van der Waals surface area contributed by atoms with E-state index in [1.807, 2.05) is 12.1 Å². The Bertz CT molecular complexity index is 499. The van der Waals surface area contributed by atoms with Gasteiger partial charge in [-0.05, 0) is 62.5 Å². The van der Waals surface area contributed by atoms with E-state index >= 15 is 0 Å². The molecule has 2 rings (SSSR count). The van der Waals surface area contributed by atoms with Gasteiger partial charge in [0.2, 0.25) is 11.8 Å². The molecule has 1 saturated heterocycles. The van der Waals surface area contributed by atoms with Crippen molar-refractivity contribution in [1.29, 1.82) is 0 Å². The van der Waals surface area contributed by atoms with Crippen LogP contribution in [0.2, 0.25) is 0 Å². The van der Waals surface area contributed by atoms with Crippen molar-refractivity contribution in [2.24, 2.45) is 5.92 Å². The summed E-state index contributed by atoms with van der Waals surface area (Å²) in [4.78, 5) is 23.5. The van der Waals surface area contributed by atoms with Gasteiger partial charge in [-0.25, -0.2) is 0 Å². The predicted molar refractivity (Wildman–Crippen MR) is 90.6 cm³/mol. The van der Waals surface area contributed by atoms with Gasteiger partial charge in [-0.1, -0.05) is 15.9 Å². The molecule has 1 fully saturated rings. The van der Waals surface area contributed by atoms with E-state index in [1.54, 1.807) is 12.1 Å². The van der Waals surface area contributed by atoms with E-state index in [0.717, 1.165) is 42.5 Å². The smallest absolute Gasteiger partial charge is 0.243 e. The number of nitrogens with one attached hydrogen (secondary N) is 3. The van der Waals surface area contributed by atoms with E-state index in [1.165, 1.54) is 0 Å². The average Bonchev–Trinajstić information content (AvgIpc) is 2.54. The van der Waals surface area contributed by atoms with Gasteiger partial charge in [0.1, 0.15) is 0 Å². The highest BCUT2D eigenvalue weighted by Gasteiger charge is 2.14. The molecule has 1 aromatic rings. The van der Waals surface area contributed by atoms with E-state index in [4.69, 9.17) is 0 Å². The molecule has 0 aliphatic carbocycles. The van der Waals surface area contributed by atoms with Gasteiger partial charge in [-0.15, -0.1) is 0 Å². The second-order valence-corrected chi connectivity index (χ2v) is 6.48. The summed E-state index contributed by atoms with van der Waals surface area (Å²) in [6, 6.07) is 7.32. The third-order valence-electron chi connectivity index (χ3n) is 3.81. The molecule has 0 radical (unpaired) electrons. The zero-order valence-electron chi connectivity index (χ0n) is 12.5. The second kappa shape index (κ2) is 8.90. The summed E-state index contributed by atoms with van der Waals surface area (Å²) in [6.07, 6.45) is 3.67. The summed E-state index contributed by atoms with van der Waals surface area (Å²) in [5.74, 6) is 0.366. The first-order valence-electron chi connectivity index (χ1n) is 7.66. The van der Waals surface area contributed by atoms with Gasteiger partial charge in [-0.3, -0.25) is 9.59 Å². The lowest BCUT2D eigenvalue weighted by atomic mass is 9.93. The lowest BCUT2D eigenvalue weighted by Crippen LogP contribution is -2.33. The Morgan fingerprint density at radius 1 is 1.14 bits per heavy atom. The maximum Gasteiger partial charge on any atom is 0.243 e. The van der Waals surface area contributed by atoms with Gasteiger partial charge in [0, 0.05) is 16.6 Å². The summed E-state index contributed by atoms with van der Waals surface area (Å²) in [5, 5.41) is 8.74. The van der Waals surface area contributed by atoms with Gasteiger partial charge < -0.3 is 16.0 Å². The Kier molecular flexibility index (Phi) is 6.86. The van der Waals surface area contributed by atoms with Crippen LogP contribution in [-0.4, -0.2) is 31.4 Å². The van der Waals surface area contributed by atoms with Crippen molar-refractivity contribution < 1.29 is 9.59 Å².